The zero-order valence-electron chi connectivity index (χ0n) is 16.3. The maximum Gasteiger partial charge on any atom is 0.265 e. The molecule has 5 nitrogen and oxygen atoms in total. The summed E-state index contributed by atoms with van der Waals surface area (Å²) in [6.07, 6.45) is 3.38. The van der Waals surface area contributed by atoms with E-state index in [2.05, 4.69) is 10.4 Å². The zero-order chi connectivity index (χ0) is 20.9. The lowest BCUT2D eigenvalue weighted by Gasteiger charge is -2.07. The lowest BCUT2D eigenvalue weighted by molar-refractivity contribution is 0.103. The number of hydrogen-bond donors (Lipinski definition) is 1. The Kier molecular flexibility index (Phi) is 6.16. The fourth-order valence-electron chi connectivity index (χ4n) is 2.95. The molecule has 152 valence electrons. The number of nitrogens with zero attached hydrogens (tertiary/aromatic N) is 2. The number of ether oxygens (including phenoxy) is 1. The van der Waals surface area contributed by atoms with Gasteiger partial charge in [0.2, 0.25) is 0 Å². The van der Waals surface area contributed by atoms with E-state index in [0.717, 1.165) is 28.1 Å². The number of thiophene rings is 1. The largest absolute Gasteiger partial charge is 0.489 e. The van der Waals surface area contributed by atoms with E-state index in [1.165, 1.54) is 11.3 Å². The van der Waals surface area contributed by atoms with Gasteiger partial charge in [0.15, 0.2) is 0 Å². The third-order valence-corrected chi connectivity index (χ3v) is 5.70. The Morgan fingerprint density at radius 1 is 1.17 bits per heavy atom. The SMILES string of the molecule is Cc1ccccc1OCc1csc(C(=O)Nc2ccc(Cn3cc(Cl)cn3)cc2)c1. The number of carbonyl (C=O) groups is 1. The highest BCUT2D eigenvalue weighted by Gasteiger charge is 2.10. The summed E-state index contributed by atoms with van der Waals surface area (Å²) >= 11 is 7.30. The summed E-state index contributed by atoms with van der Waals surface area (Å²) in [6, 6.07) is 17.4. The second kappa shape index (κ2) is 9.15. The van der Waals surface area contributed by atoms with Gasteiger partial charge in [-0.3, -0.25) is 9.48 Å². The molecular formula is C23H20ClN3O2S. The van der Waals surface area contributed by atoms with Gasteiger partial charge >= 0.3 is 0 Å². The van der Waals surface area contributed by atoms with E-state index < -0.39 is 0 Å². The summed E-state index contributed by atoms with van der Waals surface area (Å²) in [7, 11) is 0. The van der Waals surface area contributed by atoms with Gasteiger partial charge in [-0.2, -0.15) is 5.10 Å². The predicted molar refractivity (Wildman–Crippen MR) is 121 cm³/mol. The maximum absolute atomic E-state index is 12.6. The highest BCUT2D eigenvalue weighted by Crippen LogP contribution is 2.21. The molecule has 0 unspecified atom stereocenters. The van der Waals surface area contributed by atoms with Crippen LogP contribution in [0.4, 0.5) is 5.69 Å². The number of para-hydroxylation sites is 1. The smallest absolute Gasteiger partial charge is 0.265 e. The van der Waals surface area contributed by atoms with Crippen molar-refractivity contribution in [3.63, 3.8) is 0 Å². The van der Waals surface area contributed by atoms with Crippen molar-refractivity contribution in [1.82, 2.24) is 9.78 Å². The van der Waals surface area contributed by atoms with Crippen molar-refractivity contribution in [2.75, 3.05) is 5.32 Å². The first kappa shape index (κ1) is 20.2. The first-order valence-corrected chi connectivity index (χ1v) is 10.7. The monoisotopic (exact) mass is 437 g/mol. The molecule has 0 spiro atoms. The number of anilines is 1. The van der Waals surface area contributed by atoms with Crippen LogP contribution in [0.3, 0.4) is 0 Å². The fraction of sp³-hybridized carbons (Fsp3) is 0.130. The molecule has 0 saturated carbocycles. The molecule has 0 saturated heterocycles. The molecule has 1 N–H and O–H groups in total. The van der Waals surface area contributed by atoms with Crippen LogP contribution in [0, 0.1) is 6.92 Å². The molecule has 1 amide bonds. The highest BCUT2D eigenvalue weighted by atomic mass is 35.5. The van der Waals surface area contributed by atoms with E-state index in [0.29, 0.717) is 23.1 Å². The van der Waals surface area contributed by atoms with Crippen molar-refractivity contribution in [3.05, 3.63) is 99.0 Å². The van der Waals surface area contributed by atoms with E-state index in [4.69, 9.17) is 16.3 Å². The molecule has 0 bridgehead atoms. The van der Waals surface area contributed by atoms with E-state index >= 15 is 0 Å². The first-order valence-electron chi connectivity index (χ1n) is 9.41. The first-order chi connectivity index (χ1) is 14.6. The molecule has 7 heteroatoms. The Morgan fingerprint density at radius 2 is 1.97 bits per heavy atom. The molecule has 4 rings (SSSR count). The number of benzene rings is 2. The normalized spacial score (nSPS) is 10.7. The van der Waals surface area contributed by atoms with Gasteiger partial charge in [-0.25, -0.2) is 0 Å². The van der Waals surface area contributed by atoms with Gasteiger partial charge in [-0.05, 0) is 47.7 Å². The van der Waals surface area contributed by atoms with Gasteiger partial charge in [-0.15, -0.1) is 11.3 Å². The van der Waals surface area contributed by atoms with Gasteiger partial charge in [-0.1, -0.05) is 41.9 Å². The Labute approximate surface area is 183 Å². The number of aromatic nitrogens is 2. The lowest BCUT2D eigenvalue weighted by atomic mass is 10.2. The number of rotatable bonds is 7. The second-order valence-corrected chi connectivity index (χ2v) is 8.23. The Bertz CT molecular complexity index is 1150. The molecule has 0 aliphatic rings. The van der Waals surface area contributed by atoms with Crippen molar-refractivity contribution in [3.8, 4) is 5.75 Å². The van der Waals surface area contributed by atoms with Crippen molar-refractivity contribution < 1.29 is 9.53 Å². The molecule has 4 aromatic rings. The van der Waals surface area contributed by atoms with Gasteiger partial charge in [0.05, 0.1) is 22.6 Å². The topological polar surface area (TPSA) is 56.1 Å². The van der Waals surface area contributed by atoms with Gasteiger partial charge in [0.25, 0.3) is 5.91 Å². The van der Waals surface area contributed by atoms with Crippen LogP contribution in [0.1, 0.15) is 26.4 Å². The average Bonchev–Trinajstić information content (AvgIpc) is 3.38. The number of hydrogen-bond acceptors (Lipinski definition) is 4. The summed E-state index contributed by atoms with van der Waals surface area (Å²) in [5.41, 5.74) is 3.87. The summed E-state index contributed by atoms with van der Waals surface area (Å²) in [5.74, 6) is 0.723. The van der Waals surface area contributed by atoms with Crippen LogP contribution in [0.2, 0.25) is 5.02 Å². The van der Waals surface area contributed by atoms with Gasteiger partial charge in [0, 0.05) is 17.4 Å². The second-order valence-electron chi connectivity index (χ2n) is 6.88. The van der Waals surface area contributed by atoms with Crippen LogP contribution in [-0.4, -0.2) is 15.7 Å². The number of halogens is 1. The highest BCUT2D eigenvalue weighted by molar-refractivity contribution is 7.12. The minimum Gasteiger partial charge on any atom is -0.489 e. The Morgan fingerprint density at radius 3 is 2.70 bits per heavy atom. The Hall–Kier alpha value is -3.09. The van der Waals surface area contributed by atoms with E-state index in [9.17, 15) is 4.79 Å². The number of amides is 1. The zero-order valence-corrected chi connectivity index (χ0v) is 17.9. The van der Waals surface area contributed by atoms with Crippen LogP contribution in [0.5, 0.6) is 5.75 Å². The third kappa shape index (κ3) is 5.09. The van der Waals surface area contributed by atoms with Crippen molar-refractivity contribution in [2.24, 2.45) is 0 Å². The molecule has 0 radical (unpaired) electrons. The third-order valence-electron chi connectivity index (χ3n) is 4.52. The van der Waals surface area contributed by atoms with E-state index in [-0.39, 0.29) is 5.91 Å². The Balaban J connectivity index is 1.33. The van der Waals surface area contributed by atoms with Gasteiger partial charge < -0.3 is 10.1 Å². The van der Waals surface area contributed by atoms with Crippen LogP contribution in [-0.2, 0) is 13.2 Å². The minimum absolute atomic E-state index is 0.131. The summed E-state index contributed by atoms with van der Waals surface area (Å²) in [6.45, 7) is 3.06. The molecule has 0 fully saturated rings. The van der Waals surface area contributed by atoms with Crippen LogP contribution < -0.4 is 10.1 Å². The molecule has 2 heterocycles. The molecule has 2 aromatic carbocycles. The number of nitrogens with one attached hydrogen (secondary N) is 1. The molecule has 0 aliphatic heterocycles. The van der Waals surface area contributed by atoms with Crippen LogP contribution in [0.25, 0.3) is 0 Å². The molecule has 0 atom stereocenters. The summed E-state index contributed by atoms with van der Waals surface area (Å²) < 4.78 is 7.62. The predicted octanol–water partition coefficient (Wildman–Crippen LogP) is 5.79. The fourth-order valence-corrected chi connectivity index (χ4v) is 3.90. The van der Waals surface area contributed by atoms with Crippen molar-refractivity contribution in [2.45, 2.75) is 20.1 Å². The molecule has 30 heavy (non-hydrogen) atoms. The van der Waals surface area contributed by atoms with E-state index in [1.807, 2.05) is 66.9 Å². The molecular weight excluding hydrogens is 418 g/mol. The quantitative estimate of drug-likeness (QED) is 0.398. The maximum atomic E-state index is 12.6. The summed E-state index contributed by atoms with van der Waals surface area (Å²) in [5, 5.41) is 9.67. The number of carbonyl (C=O) groups excluding carboxylic acids is 1. The average molecular weight is 438 g/mol. The molecule has 0 aliphatic carbocycles. The lowest BCUT2D eigenvalue weighted by Crippen LogP contribution is -2.10. The van der Waals surface area contributed by atoms with E-state index in [1.54, 1.807) is 17.1 Å². The standard InChI is InChI=1S/C23H20ClN3O2S/c1-16-4-2-3-5-21(16)29-14-18-10-22(30-15-18)23(28)26-20-8-6-17(7-9-20)12-27-13-19(24)11-25-27/h2-11,13,15H,12,14H2,1H3,(H,26,28). The van der Waals surface area contributed by atoms with Crippen molar-refractivity contribution >= 4 is 34.5 Å². The number of aryl methyl sites for hydroxylation is 1. The van der Waals surface area contributed by atoms with Crippen LogP contribution >= 0.6 is 22.9 Å². The van der Waals surface area contributed by atoms with Crippen LogP contribution in [0.15, 0.2) is 72.4 Å². The summed E-state index contributed by atoms with van der Waals surface area (Å²) in [4.78, 5) is 13.2. The van der Waals surface area contributed by atoms with Gasteiger partial charge in [0.1, 0.15) is 12.4 Å². The molecule has 2 aromatic heterocycles. The minimum atomic E-state index is -0.131. The van der Waals surface area contributed by atoms with Crippen molar-refractivity contribution in [1.29, 1.82) is 0 Å².